The Balaban J connectivity index is 0.00000100. The maximum atomic E-state index is 4.11. The minimum Gasteiger partial charge on any atom is -0.317 e. The molecule has 530 valence electrons. The first-order chi connectivity index (χ1) is 45.1. The third-order valence-corrected chi connectivity index (χ3v) is 16.7. The van der Waals surface area contributed by atoms with E-state index < -0.39 is 0 Å². The standard InChI is InChI=1S/C10H15N.C9H13N.C8H16.3C7H10N2.C6H14N2.C6H13N.C5H12N2.2C5H11N.C3H8/c1-8-4-5-10(7-11-3)6-9(8)2;1-8-3-5-9(6-4-8)7-10-2;1-2-8-6-4-3-5-7-8;1-8-6-7-2-4-9-5-3-7;1-8-5-7-3-2-4-9-6-7;1-8-6-7-4-2-3-5-9-7;1-7-3-5-8(2)6-4-7;1-7-6-4-2-3-5-6;1-7-4-2-6-3-5-7;1-6-4-2-3-5-6;1-6-5-3-2-4-5;1-3-2/h4-6,11H,7H2,1-3H3;3-6,10H,7H2,1-2H3;8H,2-7H2,1H3;2-5,8H,6H2,1H3;2-4,6,8H,5H2,1H3;2-5,8H,6H2,1H3;3-6H2,1-2H3;6-7H,2-5H2,1H3;6H,2-5H2,1H3;2-5H2,1H3;5-6H,2-4H2,1H3;3H2,1-2H3. The van der Waals surface area contributed by atoms with Gasteiger partial charge in [-0.1, -0.05) is 145 Å². The number of hydrogen-bond donors (Lipinski definition) is 8. The Kier molecular flexibility index (Phi) is 60.3. The number of aromatic nitrogens is 3. The van der Waals surface area contributed by atoms with Crippen LogP contribution in [-0.4, -0.2) is 190 Å². The molecule has 0 atom stereocenters. The molecule has 0 spiro atoms. The Bertz CT molecular complexity index is 2170. The van der Waals surface area contributed by atoms with Crippen LogP contribution in [0.5, 0.6) is 0 Å². The number of nitrogens with zero attached hydrogens (tertiary/aromatic N) is 7. The Morgan fingerprint density at radius 1 is 0.409 bits per heavy atom. The van der Waals surface area contributed by atoms with Crippen LogP contribution in [0, 0.1) is 26.7 Å². The molecule has 3 aliphatic heterocycles. The summed E-state index contributed by atoms with van der Waals surface area (Å²) < 4.78 is 0. The molecule has 3 aliphatic carbocycles. The number of benzene rings is 2. The molecule has 6 aliphatic rings. The van der Waals surface area contributed by atoms with Gasteiger partial charge in [0.1, 0.15) is 0 Å². The molecule has 0 radical (unpaired) electrons. The van der Waals surface area contributed by atoms with Crippen LogP contribution in [0.1, 0.15) is 168 Å². The summed E-state index contributed by atoms with van der Waals surface area (Å²) in [5, 5.41) is 25.1. The van der Waals surface area contributed by atoms with Crippen molar-refractivity contribution >= 4 is 0 Å². The molecule has 2 aromatic carbocycles. The van der Waals surface area contributed by atoms with E-state index in [0.717, 1.165) is 69.5 Å². The van der Waals surface area contributed by atoms with Crippen molar-refractivity contribution in [3.8, 4) is 0 Å². The molecule has 5 aromatic rings. The maximum Gasteiger partial charge on any atom is 0.0541 e. The highest BCUT2D eigenvalue weighted by Crippen LogP contribution is 2.25. The molecule has 6 heterocycles. The van der Waals surface area contributed by atoms with Gasteiger partial charge in [0, 0.05) is 128 Å². The van der Waals surface area contributed by atoms with Crippen LogP contribution in [0.2, 0.25) is 0 Å². The van der Waals surface area contributed by atoms with E-state index in [-0.39, 0.29) is 0 Å². The zero-order valence-corrected chi connectivity index (χ0v) is 62.8. The van der Waals surface area contributed by atoms with Gasteiger partial charge in [0.25, 0.3) is 0 Å². The van der Waals surface area contributed by atoms with Gasteiger partial charge < -0.3 is 62.1 Å². The highest BCUT2D eigenvalue weighted by atomic mass is 15.2. The summed E-state index contributed by atoms with van der Waals surface area (Å²) in [6, 6.07) is 30.7. The van der Waals surface area contributed by atoms with Crippen molar-refractivity contribution in [2.45, 2.75) is 189 Å². The van der Waals surface area contributed by atoms with E-state index in [4.69, 9.17) is 0 Å². The SMILES string of the molecule is CCC.CCC1CCCCC1.CN1CCCC1.CN1CCN(C)CC1.CN1CCNCC1.CNC1CCC1.CNC1CCCC1.CNCc1ccc(C)c(C)c1.CNCc1ccc(C)cc1.CNCc1ccccn1.CNCc1cccnc1.CNCc1ccncc1. The number of rotatable bonds is 13. The highest BCUT2D eigenvalue weighted by Gasteiger charge is 2.14. The quantitative estimate of drug-likeness (QED) is 0.0565. The van der Waals surface area contributed by atoms with Crippen molar-refractivity contribution in [2.75, 3.05) is 143 Å². The minimum atomic E-state index is 0.847. The summed E-state index contributed by atoms with van der Waals surface area (Å²) in [7, 11) is 22.4. The average Bonchev–Trinajstić information content (AvgIpc) is 3.77. The van der Waals surface area contributed by atoms with Gasteiger partial charge in [-0.25, -0.2) is 0 Å². The van der Waals surface area contributed by atoms with Crippen molar-refractivity contribution in [3.05, 3.63) is 161 Å². The van der Waals surface area contributed by atoms with Crippen LogP contribution in [0.4, 0.5) is 0 Å². The lowest BCUT2D eigenvalue weighted by Gasteiger charge is -2.28. The largest absolute Gasteiger partial charge is 0.317 e. The molecule has 93 heavy (non-hydrogen) atoms. The molecular formula is C78H143N15. The maximum absolute atomic E-state index is 4.11. The molecule has 0 unspecified atom stereocenters. The molecule has 3 saturated carbocycles. The summed E-state index contributed by atoms with van der Waals surface area (Å²) >= 11 is 0. The van der Waals surface area contributed by atoms with E-state index in [1.807, 2.05) is 90.9 Å². The summed E-state index contributed by atoms with van der Waals surface area (Å²) in [4.78, 5) is 21.4. The summed E-state index contributed by atoms with van der Waals surface area (Å²) in [6.45, 7) is 29.8. The first-order valence-corrected chi connectivity index (χ1v) is 36.0. The van der Waals surface area contributed by atoms with Crippen molar-refractivity contribution in [3.63, 3.8) is 0 Å². The first kappa shape index (κ1) is 88.4. The van der Waals surface area contributed by atoms with E-state index in [2.05, 4.69) is 196 Å². The Morgan fingerprint density at radius 2 is 0.871 bits per heavy atom. The minimum absolute atomic E-state index is 0.847. The molecule has 3 aromatic heterocycles. The van der Waals surface area contributed by atoms with E-state index in [9.17, 15) is 0 Å². The normalized spacial score (nSPS) is 16.3. The van der Waals surface area contributed by atoms with Gasteiger partial charge in [-0.05, 0) is 220 Å². The molecule has 15 nitrogen and oxygen atoms in total. The van der Waals surface area contributed by atoms with Gasteiger partial charge in [0.2, 0.25) is 0 Å². The number of pyridine rings is 3. The molecule has 15 heteroatoms. The molecule has 0 bridgehead atoms. The van der Waals surface area contributed by atoms with Crippen molar-refractivity contribution in [2.24, 2.45) is 5.92 Å². The third-order valence-electron chi connectivity index (χ3n) is 16.7. The summed E-state index contributed by atoms with van der Waals surface area (Å²) in [5.74, 6) is 1.09. The van der Waals surface area contributed by atoms with E-state index in [0.29, 0.717) is 0 Å². The van der Waals surface area contributed by atoms with Crippen LogP contribution in [-0.2, 0) is 32.7 Å². The monoisotopic (exact) mass is 1290 g/mol. The summed E-state index contributed by atoms with van der Waals surface area (Å²) in [6.07, 6.45) is 31.9. The number of aryl methyl sites for hydroxylation is 3. The number of likely N-dealkylation sites (N-methyl/N-ethyl adjacent to an activating group) is 3. The predicted octanol–water partition coefficient (Wildman–Crippen LogP) is 12.5. The summed E-state index contributed by atoms with van der Waals surface area (Å²) in [5.41, 5.74) is 10.3. The van der Waals surface area contributed by atoms with Crippen LogP contribution < -0.4 is 42.5 Å². The van der Waals surface area contributed by atoms with Crippen LogP contribution in [0.3, 0.4) is 0 Å². The van der Waals surface area contributed by atoms with Gasteiger partial charge in [-0.3, -0.25) is 15.0 Å². The topological polar surface area (TPSA) is 148 Å². The molecular weight excluding hydrogens is 1150 g/mol. The Labute approximate surface area is 572 Å². The molecule has 8 N–H and O–H groups in total. The Morgan fingerprint density at radius 3 is 1.25 bits per heavy atom. The van der Waals surface area contributed by atoms with Gasteiger partial charge >= 0.3 is 0 Å². The molecule has 6 fully saturated rings. The predicted molar refractivity (Wildman–Crippen MR) is 407 cm³/mol. The van der Waals surface area contributed by atoms with Crippen molar-refractivity contribution < 1.29 is 0 Å². The second-order valence-corrected chi connectivity index (χ2v) is 25.6. The van der Waals surface area contributed by atoms with E-state index in [1.54, 1.807) is 24.8 Å². The number of likely N-dealkylation sites (tertiary alicyclic amines) is 1. The average molecular weight is 1290 g/mol. The van der Waals surface area contributed by atoms with Crippen LogP contribution in [0.25, 0.3) is 0 Å². The van der Waals surface area contributed by atoms with Gasteiger partial charge in [0.15, 0.2) is 0 Å². The second-order valence-electron chi connectivity index (χ2n) is 25.6. The van der Waals surface area contributed by atoms with Crippen molar-refractivity contribution in [1.82, 2.24) is 77.1 Å². The molecule has 11 rings (SSSR count). The zero-order valence-electron chi connectivity index (χ0n) is 62.8. The fourth-order valence-electron chi connectivity index (χ4n) is 10.2. The molecule has 3 saturated heterocycles. The fraction of sp³-hybridized carbons (Fsp3) is 0.654. The number of hydrogen-bond acceptors (Lipinski definition) is 15. The molecule has 0 amide bonds. The van der Waals surface area contributed by atoms with Crippen LogP contribution in [0.15, 0.2) is 116 Å². The number of nitrogens with one attached hydrogen (secondary N) is 8. The first-order valence-electron chi connectivity index (χ1n) is 36.0. The smallest absolute Gasteiger partial charge is 0.0541 e. The third kappa shape index (κ3) is 53.3. The van der Waals surface area contributed by atoms with Crippen molar-refractivity contribution in [1.29, 1.82) is 0 Å². The lowest BCUT2D eigenvalue weighted by atomic mass is 9.88. The second kappa shape index (κ2) is 63.5. The Hall–Kier alpha value is -4.59. The highest BCUT2D eigenvalue weighted by molar-refractivity contribution is 5.29. The van der Waals surface area contributed by atoms with Gasteiger partial charge in [0.05, 0.1) is 5.69 Å². The lowest BCUT2D eigenvalue weighted by Crippen LogP contribution is -2.42. The zero-order chi connectivity index (χ0) is 68.8. The van der Waals surface area contributed by atoms with Gasteiger partial charge in [-0.15, -0.1) is 0 Å². The van der Waals surface area contributed by atoms with Crippen LogP contribution >= 0.6 is 0 Å². The fourth-order valence-corrected chi connectivity index (χ4v) is 10.2. The number of piperazine rings is 2. The van der Waals surface area contributed by atoms with E-state index >= 15 is 0 Å². The van der Waals surface area contributed by atoms with E-state index in [1.165, 1.54) is 194 Å². The lowest BCUT2D eigenvalue weighted by molar-refractivity contribution is 0.181. The van der Waals surface area contributed by atoms with Gasteiger partial charge in [-0.2, -0.15) is 0 Å².